The summed E-state index contributed by atoms with van der Waals surface area (Å²) in [4.78, 5) is 16.4. The van der Waals surface area contributed by atoms with Gasteiger partial charge in [0.2, 0.25) is 0 Å². The van der Waals surface area contributed by atoms with E-state index in [0.29, 0.717) is 5.13 Å². The van der Waals surface area contributed by atoms with Gasteiger partial charge in [0.15, 0.2) is 10.8 Å². The largest absolute Gasteiger partial charge is 0.364 e. The van der Waals surface area contributed by atoms with Crippen LogP contribution in [0.25, 0.3) is 11.3 Å². The maximum Gasteiger partial charge on any atom is 0.279 e. The third-order valence-corrected chi connectivity index (χ3v) is 4.20. The van der Waals surface area contributed by atoms with Crippen molar-refractivity contribution in [3.05, 3.63) is 53.2 Å². The second kappa shape index (κ2) is 5.96. The number of hydrogen-bond acceptors (Lipinski definition) is 5. The number of hydrogen-bond donors (Lipinski definition) is 1. The van der Waals surface area contributed by atoms with Crippen LogP contribution in [0.2, 0.25) is 0 Å². The quantitative estimate of drug-likeness (QED) is 0.776. The Labute approximate surface area is 138 Å². The summed E-state index contributed by atoms with van der Waals surface area (Å²) in [5.41, 5.74) is 3.49. The molecule has 0 atom stereocenters. The highest BCUT2D eigenvalue weighted by molar-refractivity contribution is 7.14. The number of amides is 1. The van der Waals surface area contributed by atoms with Crippen LogP contribution in [-0.4, -0.2) is 16.0 Å². The lowest BCUT2D eigenvalue weighted by Crippen LogP contribution is -2.11. The van der Waals surface area contributed by atoms with Gasteiger partial charge in [-0.25, -0.2) is 4.98 Å². The summed E-state index contributed by atoms with van der Waals surface area (Å²) in [6, 6.07) is 9.84. The molecule has 0 fully saturated rings. The molecule has 0 bridgehead atoms. The summed E-state index contributed by atoms with van der Waals surface area (Å²) in [5.74, 6) is -0.331. The van der Waals surface area contributed by atoms with E-state index in [9.17, 15) is 4.79 Å². The molecule has 2 aromatic heterocycles. The lowest BCUT2D eigenvalue weighted by molar-refractivity contribution is 0.101. The molecule has 6 heteroatoms. The molecule has 0 saturated heterocycles. The van der Waals surface area contributed by atoms with Gasteiger partial charge in [-0.2, -0.15) is 0 Å². The Morgan fingerprint density at radius 2 is 1.91 bits per heavy atom. The van der Waals surface area contributed by atoms with E-state index in [1.165, 1.54) is 29.2 Å². The molecule has 1 aromatic carbocycles. The maximum absolute atomic E-state index is 11.9. The van der Waals surface area contributed by atoms with Crippen molar-refractivity contribution < 1.29 is 9.32 Å². The summed E-state index contributed by atoms with van der Waals surface area (Å²) in [7, 11) is 0. The summed E-state index contributed by atoms with van der Waals surface area (Å²) >= 11 is 1.38. The van der Waals surface area contributed by atoms with Crippen molar-refractivity contribution in [1.82, 2.24) is 10.1 Å². The normalized spacial score (nSPS) is 11.4. The van der Waals surface area contributed by atoms with Crippen molar-refractivity contribution in [3.63, 3.8) is 0 Å². The van der Waals surface area contributed by atoms with Crippen LogP contribution in [0.15, 0.2) is 46.5 Å². The standard InChI is InChI=1S/C17H17N3O2S/c1-17(2,3)12-6-4-11(5-7-12)14-10-23-16(18-14)19-15(21)13-8-9-22-20-13/h4-10H,1-3H3,(H,18,19,21). The number of aromatic nitrogens is 2. The van der Waals surface area contributed by atoms with Gasteiger partial charge in [-0.05, 0) is 11.0 Å². The lowest BCUT2D eigenvalue weighted by atomic mass is 9.86. The van der Waals surface area contributed by atoms with Crippen LogP contribution in [0.4, 0.5) is 5.13 Å². The van der Waals surface area contributed by atoms with Crippen molar-refractivity contribution in [3.8, 4) is 11.3 Å². The van der Waals surface area contributed by atoms with E-state index in [1.54, 1.807) is 0 Å². The van der Waals surface area contributed by atoms with Crippen LogP contribution in [0.3, 0.4) is 0 Å². The van der Waals surface area contributed by atoms with Crippen molar-refractivity contribution in [1.29, 1.82) is 0 Å². The molecule has 3 aromatic rings. The SMILES string of the molecule is CC(C)(C)c1ccc(-c2csc(NC(=O)c3ccon3)n2)cc1. The van der Waals surface area contributed by atoms with Crippen LogP contribution in [0.5, 0.6) is 0 Å². The summed E-state index contributed by atoms with van der Waals surface area (Å²) in [6.45, 7) is 6.55. The molecule has 118 valence electrons. The zero-order valence-corrected chi connectivity index (χ0v) is 14.0. The van der Waals surface area contributed by atoms with Crippen LogP contribution in [-0.2, 0) is 5.41 Å². The van der Waals surface area contributed by atoms with E-state index in [-0.39, 0.29) is 17.0 Å². The number of thiazole rings is 1. The smallest absolute Gasteiger partial charge is 0.279 e. The Kier molecular flexibility index (Phi) is 4.00. The first-order valence-corrected chi connectivity index (χ1v) is 8.09. The molecule has 0 unspecified atom stereocenters. The van der Waals surface area contributed by atoms with Gasteiger partial charge in [-0.3, -0.25) is 10.1 Å². The number of rotatable bonds is 3. The van der Waals surface area contributed by atoms with E-state index in [4.69, 9.17) is 0 Å². The Balaban J connectivity index is 1.75. The minimum Gasteiger partial charge on any atom is -0.364 e. The zero-order chi connectivity index (χ0) is 16.4. The fraction of sp³-hybridized carbons (Fsp3) is 0.235. The molecule has 0 aliphatic heterocycles. The fourth-order valence-electron chi connectivity index (χ4n) is 2.10. The van der Waals surface area contributed by atoms with E-state index in [2.05, 4.69) is 65.0 Å². The number of benzene rings is 1. The van der Waals surface area contributed by atoms with E-state index in [1.807, 2.05) is 5.38 Å². The highest BCUT2D eigenvalue weighted by atomic mass is 32.1. The van der Waals surface area contributed by atoms with Gasteiger partial charge in [0.25, 0.3) is 5.91 Å². The van der Waals surface area contributed by atoms with Crippen molar-refractivity contribution in [2.45, 2.75) is 26.2 Å². The first-order chi connectivity index (χ1) is 10.9. The summed E-state index contributed by atoms with van der Waals surface area (Å²) in [5, 5.41) is 8.77. The molecule has 1 amide bonds. The van der Waals surface area contributed by atoms with Crippen molar-refractivity contribution in [2.75, 3.05) is 5.32 Å². The number of nitrogens with one attached hydrogen (secondary N) is 1. The Morgan fingerprint density at radius 3 is 2.52 bits per heavy atom. The monoisotopic (exact) mass is 327 g/mol. The number of nitrogens with zero attached hydrogens (tertiary/aromatic N) is 2. The highest BCUT2D eigenvalue weighted by Crippen LogP contribution is 2.28. The number of carbonyl (C=O) groups is 1. The van der Waals surface area contributed by atoms with E-state index < -0.39 is 0 Å². The molecule has 1 N–H and O–H groups in total. The van der Waals surface area contributed by atoms with Gasteiger partial charge < -0.3 is 4.52 Å². The average Bonchev–Trinajstić information content (AvgIpc) is 3.18. The molecule has 0 aliphatic rings. The van der Waals surface area contributed by atoms with Gasteiger partial charge in [0.05, 0.1) is 5.69 Å². The number of carbonyl (C=O) groups excluding carboxylic acids is 1. The average molecular weight is 327 g/mol. The topological polar surface area (TPSA) is 68.0 Å². The molecule has 0 aliphatic carbocycles. The van der Waals surface area contributed by atoms with Gasteiger partial charge in [-0.15, -0.1) is 11.3 Å². The maximum atomic E-state index is 11.9. The van der Waals surface area contributed by atoms with Gasteiger partial charge in [-0.1, -0.05) is 50.2 Å². The van der Waals surface area contributed by atoms with Crippen molar-refractivity contribution >= 4 is 22.4 Å². The molecule has 0 saturated carbocycles. The third kappa shape index (κ3) is 3.48. The predicted octanol–water partition coefficient (Wildman–Crippen LogP) is 4.35. The van der Waals surface area contributed by atoms with E-state index >= 15 is 0 Å². The molecule has 0 radical (unpaired) electrons. The highest BCUT2D eigenvalue weighted by Gasteiger charge is 2.15. The molecule has 2 heterocycles. The molecule has 0 spiro atoms. The minimum absolute atomic E-state index is 0.122. The van der Waals surface area contributed by atoms with Crippen LogP contribution in [0, 0.1) is 0 Å². The Bertz CT molecular complexity index is 799. The second-order valence-corrected chi connectivity index (χ2v) is 7.06. The van der Waals surface area contributed by atoms with Gasteiger partial charge in [0, 0.05) is 17.0 Å². The molecular weight excluding hydrogens is 310 g/mol. The summed E-state index contributed by atoms with van der Waals surface area (Å²) in [6.07, 6.45) is 1.36. The molecular formula is C17H17N3O2S. The number of anilines is 1. The minimum atomic E-state index is -0.331. The van der Waals surface area contributed by atoms with Crippen LogP contribution in [0.1, 0.15) is 36.8 Å². The van der Waals surface area contributed by atoms with Crippen molar-refractivity contribution in [2.24, 2.45) is 0 Å². The van der Waals surface area contributed by atoms with Gasteiger partial charge in [0.1, 0.15) is 6.26 Å². The Morgan fingerprint density at radius 1 is 1.17 bits per heavy atom. The first-order valence-electron chi connectivity index (χ1n) is 7.22. The lowest BCUT2D eigenvalue weighted by Gasteiger charge is -2.18. The fourth-order valence-corrected chi connectivity index (χ4v) is 2.81. The predicted molar refractivity (Wildman–Crippen MR) is 90.7 cm³/mol. The first kappa shape index (κ1) is 15.4. The third-order valence-electron chi connectivity index (χ3n) is 3.44. The molecule has 23 heavy (non-hydrogen) atoms. The van der Waals surface area contributed by atoms with Crippen LogP contribution < -0.4 is 5.32 Å². The van der Waals surface area contributed by atoms with Gasteiger partial charge >= 0.3 is 0 Å². The van der Waals surface area contributed by atoms with Crippen LogP contribution >= 0.6 is 11.3 Å². The zero-order valence-electron chi connectivity index (χ0n) is 13.2. The Hall–Kier alpha value is -2.47. The molecule has 3 rings (SSSR count). The summed E-state index contributed by atoms with van der Waals surface area (Å²) < 4.78 is 4.66. The van der Waals surface area contributed by atoms with E-state index in [0.717, 1.165) is 11.3 Å². The second-order valence-electron chi connectivity index (χ2n) is 6.20. The molecule has 5 nitrogen and oxygen atoms in total.